The zero-order valence-electron chi connectivity index (χ0n) is 4.22. The second-order valence-electron chi connectivity index (χ2n) is 1.32. The van der Waals surface area contributed by atoms with E-state index in [-0.39, 0.29) is 5.03 Å². The molecule has 49 valence electrons. The largest absolute Gasteiger partial charge is 0.259 e. The molecule has 2 N–H and O–H groups in total. The second-order valence-corrected chi connectivity index (χ2v) is 2.83. The maximum Gasteiger partial charge on any atom is 0.259 e. The molecule has 1 rings (SSSR count). The van der Waals surface area contributed by atoms with Crippen molar-refractivity contribution in [3.8, 4) is 0 Å². The molecule has 0 amide bonds. The fourth-order valence-electron chi connectivity index (χ4n) is 0.301. The average molecular weight is 147 g/mol. The standard InChI is InChI=1S/C2H3N4O2S/c3-9(7,8)2-1-4-6-5-2/h1H,(H2,3,7,8). The molecule has 0 aromatic heterocycles. The Bertz CT molecular complexity index is 262. The lowest BCUT2D eigenvalue weighted by molar-refractivity contribution is 0.603. The van der Waals surface area contributed by atoms with E-state index < -0.39 is 10.0 Å². The van der Waals surface area contributed by atoms with Crippen LogP contribution in [-0.2, 0) is 10.0 Å². The Morgan fingerprint density at radius 2 is 2.22 bits per heavy atom. The fourth-order valence-corrected chi connectivity index (χ4v) is 0.646. The zero-order chi connectivity index (χ0) is 6.91. The Labute approximate surface area is 51.5 Å². The third-order valence-corrected chi connectivity index (χ3v) is 1.42. The van der Waals surface area contributed by atoms with E-state index in [0.717, 1.165) is 6.20 Å². The van der Waals surface area contributed by atoms with Crippen LogP contribution in [0, 0.1) is 0 Å². The Kier molecular flexibility index (Phi) is 1.22. The van der Waals surface area contributed by atoms with Gasteiger partial charge in [-0.25, -0.2) is 13.6 Å². The molecule has 0 aromatic carbocycles. The first-order chi connectivity index (χ1) is 4.11. The molecule has 0 saturated heterocycles. The van der Waals surface area contributed by atoms with Crippen LogP contribution in [0.5, 0.6) is 0 Å². The number of sulfonamides is 1. The van der Waals surface area contributed by atoms with Crippen LogP contribution >= 0.6 is 0 Å². The van der Waals surface area contributed by atoms with Crippen molar-refractivity contribution in [2.24, 2.45) is 15.5 Å². The van der Waals surface area contributed by atoms with Crippen molar-refractivity contribution in [1.29, 1.82) is 0 Å². The van der Waals surface area contributed by atoms with Crippen LogP contribution in [0.2, 0.25) is 0 Å². The molecule has 1 aliphatic heterocycles. The third-order valence-electron chi connectivity index (χ3n) is 0.655. The van der Waals surface area contributed by atoms with Crippen LogP contribution in [0.1, 0.15) is 0 Å². The summed E-state index contributed by atoms with van der Waals surface area (Å²) in [6.07, 6.45) is 0.981. The quantitative estimate of drug-likeness (QED) is 0.517. The Morgan fingerprint density at radius 1 is 1.56 bits per heavy atom. The van der Waals surface area contributed by atoms with Crippen LogP contribution in [0.15, 0.2) is 21.6 Å². The molecule has 1 radical (unpaired) electrons. The molecule has 0 aliphatic carbocycles. The number of hydrogen-bond acceptors (Lipinski definition) is 4. The smallest absolute Gasteiger partial charge is 0.223 e. The van der Waals surface area contributed by atoms with Crippen molar-refractivity contribution in [2.45, 2.75) is 0 Å². The Hall–Kier alpha value is -0.950. The van der Waals surface area contributed by atoms with Gasteiger partial charge in [-0.15, -0.1) is 10.5 Å². The van der Waals surface area contributed by atoms with E-state index in [1.165, 1.54) is 0 Å². The number of nitrogens with zero attached hydrogens (tertiary/aromatic N) is 3. The van der Waals surface area contributed by atoms with Crippen molar-refractivity contribution in [1.82, 2.24) is 5.43 Å². The van der Waals surface area contributed by atoms with E-state index >= 15 is 0 Å². The summed E-state index contributed by atoms with van der Waals surface area (Å²) in [6, 6.07) is 0. The van der Waals surface area contributed by atoms with Crippen LogP contribution in [-0.4, -0.2) is 8.42 Å². The molecule has 0 spiro atoms. The van der Waals surface area contributed by atoms with Gasteiger partial charge in [-0.05, 0) is 5.22 Å². The normalized spacial score (nSPS) is 17.2. The summed E-state index contributed by atoms with van der Waals surface area (Å²) in [5.74, 6) is 0. The molecule has 9 heavy (non-hydrogen) atoms. The minimum atomic E-state index is -3.70. The Balaban J connectivity index is 3.01. The lowest BCUT2D eigenvalue weighted by Crippen LogP contribution is -2.12. The van der Waals surface area contributed by atoms with Crippen LogP contribution in [0.4, 0.5) is 0 Å². The number of hydrogen-bond donors (Lipinski definition) is 1. The highest BCUT2D eigenvalue weighted by Gasteiger charge is 2.14. The molecule has 7 heteroatoms. The number of primary sulfonamides is 1. The SMILES string of the molecule is NS(=O)(=O)C1=C[N]N=N1. The highest BCUT2D eigenvalue weighted by atomic mass is 32.2. The number of rotatable bonds is 1. The van der Waals surface area contributed by atoms with Crippen molar-refractivity contribution >= 4 is 10.0 Å². The molecular formula is C2H3N4O2S. The van der Waals surface area contributed by atoms with Gasteiger partial charge < -0.3 is 0 Å². The molecule has 0 unspecified atom stereocenters. The molecule has 1 heterocycles. The zero-order valence-corrected chi connectivity index (χ0v) is 5.04. The van der Waals surface area contributed by atoms with E-state index in [9.17, 15) is 8.42 Å². The van der Waals surface area contributed by atoms with Crippen molar-refractivity contribution in [2.75, 3.05) is 0 Å². The highest BCUT2D eigenvalue weighted by Crippen LogP contribution is 2.06. The van der Waals surface area contributed by atoms with Gasteiger partial charge in [-0.1, -0.05) is 0 Å². The molecule has 0 atom stereocenters. The highest BCUT2D eigenvalue weighted by molar-refractivity contribution is 7.93. The molecular weight excluding hydrogens is 144 g/mol. The molecule has 6 nitrogen and oxygen atoms in total. The predicted molar refractivity (Wildman–Crippen MR) is 28.2 cm³/mol. The molecule has 1 aliphatic rings. The van der Waals surface area contributed by atoms with Crippen LogP contribution in [0.3, 0.4) is 0 Å². The molecule has 0 saturated carbocycles. The second kappa shape index (κ2) is 1.78. The first-order valence-electron chi connectivity index (χ1n) is 1.94. The van der Waals surface area contributed by atoms with Crippen molar-refractivity contribution in [3.63, 3.8) is 0 Å². The van der Waals surface area contributed by atoms with Crippen LogP contribution < -0.4 is 10.6 Å². The first-order valence-corrected chi connectivity index (χ1v) is 3.49. The minimum Gasteiger partial charge on any atom is -0.223 e. The average Bonchev–Trinajstić information content (AvgIpc) is 2.08. The van der Waals surface area contributed by atoms with Gasteiger partial charge in [0.1, 0.15) is 0 Å². The summed E-state index contributed by atoms with van der Waals surface area (Å²) in [7, 11) is -3.70. The summed E-state index contributed by atoms with van der Waals surface area (Å²) >= 11 is 0. The van der Waals surface area contributed by atoms with Gasteiger partial charge in [0.05, 0.1) is 6.20 Å². The van der Waals surface area contributed by atoms with Crippen LogP contribution in [0.25, 0.3) is 0 Å². The summed E-state index contributed by atoms with van der Waals surface area (Å²) in [4.78, 5) is 0. The maximum atomic E-state index is 10.3. The molecule has 0 aromatic rings. The lowest BCUT2D eigenvalue weighted by Gasteiger charge is -1.86. The van der Waals surface area contributed by atoms with E-state index in [0.29, 0.717) is 0 Å². The van der Waals surface area contributed by atoms with E-state index in [4.69, 9.17) is 0 Å². The van der Waals surface area contributed by atoms with Gasteiger partial charge in [0, 0.05) is 0 Å². The van der Waals surface area contributed by atoms with Crippen molar-refractivity contribution in [3.05, 3.63) is 11.2 Å². The topological polar surface area (TPSA) is 99.0 Å². The molecule has 0 fully saturated rings. The van der Waals surface area contributed by atoms with Gasteiger partial charge in [-0.3, -0.25) is 0 Å². The predicted octanol–water partition coefficient (Wildman–Crippen LogP) is -0.941. The summed E-state index contributed by atoms with van der Waals surface area (Å²) in [6.45, 7) is 0. The van der Waals surface area contributed by atoms with Crippen molar-refractivity contribution < 1.29 is 8.42 Å². The summed E-state index contributed by atoms with van der Waals surface area (Å²) < 4.78 is 20.7. The minimum absolute atomic E-state index is 0.303. The first kappa shape index (κ1) is 6.17. The molecule has 0 bridgehead atoms. The summed E-state index contributed by atoms with van der Waals surface area (Å²) in [5.41, 5.74) is 3.17. The maximum absolute atomic E-state index is 10.3. The van der Waals surface area contributed by atoms with E-state index in [2.05, 4.69) is 20.9 Å². The fraction of sp³-hybridized carbons (Fsp3) is 0. The Morgan fingerprint density at radius 3 is 2.44 bits per heavy atom. The van der Waals surface area contributed by atoms with E-state index in [1.54, 1.807) is 0 Å². The monoisotopic (exact) mass is 147 g/mol. The lowest BCUT2D eigenvalue weighted by atomic mass is 11.0. The van der Waals surface area contributed by atoms with Gasteiger partial charge in [0.2, 0.25) is 5.03 Å². The van der Waals surface area contributed by atoms with Gasteiger partial charge in [0.15, 0.2) is 0 Å². The third kappa shape index (κ3) is 1.24. The van der Waals surface area contributed by atoms with E-state index in [1.807, 2.05) is 0 Å². The number of nitrogens with two attached hydrogens (primary N) is 1. The summed E-state index contributed by atoms with van der Waals surface area (Å²) in [5, 5.41) is 10.5. The van der Waals surface area contributed by atoms with Gasteiger partial charge in [-0.2, -0.15) is 0 Å². The van der Waals surface area contributed by atoms with Gasteiger partial charge >= 0.3 is 0 Å². The van der Waals surface area contributed by atoms with Gasteiger partial charge in [0.25, 0.3) is 10.0 Å².